The van der Waals surface area contributed by atoms with E-state index in [0.717, 1.165) is 36.1 Å². The monoisotopic (exact) mass is 296 g/mol. The van der Waals surface area contributed by atoms with Crippen molar-refractivity contribution in [3.63, 3.8) is 0 Å². The minimum absolute atomic E-state index is 0.0944. The van der Waals surface area contributed by atoms with E-state index in [4.69, 9.17) is 0 Å². The molecule has 1 aliphatic rings. The summed E-state index contributed by atoms with van der Waals surface area (Å²) in [6.45, 7) is 3.84. The Balaban J connectivity index is 2.02. The summed E-state index contributed by atoms with van der Waals surface area (Å²) < 4.78 is 0.939. The second-order valence-corrected chi connectivity index (χ2v) is 5.37. The number of aryl methyl sites for hydroxylation is 1. The number of nitrogens with one attached hydrogen (secondary N) is 2. The fourth-order valence-corrected chi connectivity index (χ4v) is 2.62. The maximum atomic E-state index is 12.0. The van der Waals surface area contributed by atoms with Crippen LogP contribution in [0.4, 0.5) is 5.69 Å². The van der Waals surface area contributed by atoms with E-state index in [-0.39, 0.29) is 11.8 Å². The summed E-state index contributed by atoms with van der Waals surface area (Å²) in [5.74, 6) is 0.207. The number of benzene rings is 1. The molecular weight excluding hydrogens is 280 g/mol. The maximum absolute atomic E-state index is 12.0. The molecule has 1 fully saturated rings. The van der Waals surface area contributed by atoms with Crippen LogP contribution in [0.5, 0.6) is 0 Å². The zero-order chi connectivity index (χ0) is 12.3. The lowest BCUT2D eigenvalue weighted by atomic mass is 9.99. The second kappa shape index (κ2) is 5.65. The molecule has 1 heterocycles. The maximum Gasteiger partial charge on any atom is 0.228 e. The van der Waals surface area contributed by atoms with E-state index in [1.54, 1.807) is 0 Å². The largest absolute Gasteiger partial charge is 0.325 e. The molecule has 1 saturated heterocycles. The standard InChI is InChI=1S/C13H17BrN2O/c1-9-4-5-12(11(14)7-9)16-13(17)10-3-2-6-15-8-10/h4-5,7,10,15H,2-3,6,8H2,1H3,(H,16,17)/t10-/m1/s1. The zero-order valence-electron chi connectivity index (χ0n) is 9.92. The fourth-order valence-electron chi connectivity index (χ4n) is 2.03. The predicted molar refractivity (Wildman–Crippen MR) is 73.1 cm³/mol. The number of piperidine rings is 1. The van der Waals surface area contributed by atoms with Crippen molar-refractivity contribution >= 4 is 27.5 Å². The summed E-state index contributed by atoms with van der Waals surface area (Å²) >= 11 is 3.47. The number of hydrogen-bond acceptors (Lipinski definition) is 2. The molecule has 1 aromatic rings. The SMILES string of the molecule is Cc1ccc(NC(=O)[C@@H]2CCCNC2)c(Br)c1. The summed E-state index contributed by atoms with van der Waals surface area (Å²) in [6, 6.07) is 5.95. The number of hydrogen-bond donors (Lipinski definition) is 2. The Kier molecular flexibility index (Phi) is 4.18. The van der Waals surface area contributed by atoms with Gasteiger partial charge in [-0.15, -0.1) is 0 Å². The van der Waals surface area contributed by atoms with E-state index in [2.05, 4.69) is 26.6 Å². The molecule has 1 atom stereocenters. The van der Waals surface area contributed by atoms with Gasteiger partial charge in [-0.2, -0.15) is 0 Å². The van der Waals surface area contributed by atoms with Gasteiger partial charge < -0.3 is 10.6 Å². The van der Waals surface area contributed by atoms with Crippen molar-refractivity contribution in [3.05, 3.63) is 28.2 Å². The van der Waals surface area contributed by atoms with E-state index in [0.29, 0.717) is 0 Å². The molecule has 3 nitrogen and oxygen atoms in total. The molecule has 0 radical (unpaired) electrons. The molecule has 0 unspecified atom stereocenters. The first kappa shape index (κ1) is 12.6. The van der Waals surface area contributed by atoms with Gasteiger partial charge in [0, 0.05) is 11.0 Å². The van der Waals surface area contributed by atoms with Crippen LogP contribution in [0.2, 0.25) is 0 Å². The van der Waals surface area contributed by atoms with Gasteiger partial charge in [0.25, 0.3) is 0 Å². The lowest BCUT2D eigenvalue weighted by molar-refractivity contribution is -0.120. The summed E-state index contributed by atoms with van der Waals surface area (Å²) in [7, 11) is 0. The highest BCUT2D eigenvalue weighted by molar-refractivity contribution is 9.10. The molecule has 0 bridgehead atoms. The third-order valence-electron chi connectivity index (χ3n) is 3.05. The minimum atomic E-state index is 0.0944. The smallest absolute Gasteiger partial charge is 0.228 e. The molecule has 0 saturated carbocycles. The van der Waals surface area contributed by atoms with E-state index in [9.17, 15) is 4.79 Å². The molecule has 2 rings (SSSR count). The van der Waals surface area contributed by atoms with Crippen LogP contribution in [0.25, 0.3) is 0 Å². The zero-order valence-corrected chi connectivity index (χ0v) is 11.5. The van der Waals surface area contributed by atoms with Crippen molar-refractivity contribution in [1.82, 2.24) is 5.32 Å². The first-order valence-electron chi connectivity index (χ1n) is 5.94. The van der Waals surface area contributed by atoms with Gasteiger partial charge in [-0.25, -0.2) is 0 Å². The molecule has 17 heavy (non-hydrogen) atoms. The summed E-state index contributed by atoms with van der Waals surface area (Å²) in [6.07, 6.45) is 2.05. The summed E-state index contributed by atoms with van der Waals surface area (Å²) in [4.78, 5) is 12.0. The number of amides is 1. The van der Waals surface area contributed by atoms with Gasteiger partial charge in [-0.05, 0) is 59.9 Å². The van der Waals surface area contributed by atoms with Crippen LogP contribution in [-0.4, -0.2) is 19.0 Å². The summed E-state index contributed by atoms with van der Waals surface area (Å²) in [5.41, 5.74) is 2.03. The van der Waals surface area contributed by atoms with Gasteiger partial charge in [0.2, 0.25) is 5.91 Å². The Bertz CT molecular complexity index is 414. The van der Waals surface area contributed by atoms with Crippen LogP contribution in [0.3, 0.4) is 0 Å². The number of carbonyl (C=O) groups excluding carboxylic acids is 1. The lowest BCUT2D eigenvalue weighted by Gasteiger charge is -2.22. The number of carbonyl (C=O) groups is 1. The predicted octanol–water partition coefficient (Wildman–Crippen LogP) is 2.70. The molecule has 4 heteroatoms. The van der Waals surface area contributed by atoms with E-state index >= 15 is 0 Å². The number of rotatable bonds is 2. The van der Waals surface area contributed by atoms with Gasteiger partial charge in [0.15, 0.2) is 0 Å². The van der Waals surface area contributed by atoms with Gasteiger partial charge in [-0.1, -0.05) is 6.07 Å². The van der Waals surface area contributed by atoms with E-state index < -0.39 is 0 Å². The molecule has 1 aliphatic heterocycles. The molecule has 92 valence electrons. The van der Waals surface area contributed by atoms with Crippen molar-refractivity contribution in [1.29, 1.82) is 0 Å². The van der Waals surface area contributed by atoms with Crippen molar-refractivity contribution in [2.75, 3.05) is 18.4 Å². The van der Waals surface area contributed by atoms with Gasteiger partial charge in [-0.3, -0.25) is 4.79 Å². The van der Waals surface area contributed by atoms with Crippen LogP contribution < -0.4 is 10.6 Å². The Hall–Kier alpha value is -0.870. The van der Waals surface area contributed by atoms with Crippen molar-refractivity contribution in [2.45, 2.75) is 19.8 Å². The second-order valence-electron chi connectivity index (χ2n) is 4.52. The minimum Gasteiger partial charge on any atom is -0.325 e. The van der Waals surface area contributed by atoms with Crippen LogP contribution in [0.1, 0.15) is 18.4 Å². The van der Waals surface area contributed by atoms with Crippen molar-refractivity contribution in [2.24, 2.45) is 5.92 Å². The number of halogens is 1. The van der Waals surface area contributed by atoms with Crippen LogP contribution in [0.15, 0.2) is 22.7 Å². The Morgan fingerprint density at radius 2 is 2.35 bits per heavy atom. The van der Waals surface area contributed by atoms with Crippen LogP contribution in [-0.2, 0) is 4.79 Å². The van der Waals surface area contributed by atoms with Gasteiger partial charge >= 0.3 is 0 Å². The summed E-state index contributed by atoms with van der Waals surface area (Å²) in [5, 5.41) is 6.23. The molecule has 1 aromatic carbocycles. The quantitative estimate of drug-likeness (QED) is 0.881. The first-order chi connectivity index (χ1) is 8.16. The molecule has 0 aliphatic carbocycles. The van der Waals surface area contributed by atoms with Crippen molar-refractivity contribution < 1.29 is 4.79 Å². The molecule has 2 N–H and O–H groups in total. The molecule has 0 aromatic heterocycles. The average Bonchev–Trinajstić information content (AvgIpc) is 2.34. The fraction of sp³-hybridized carbons (Fsp3) is 0.462. The van der Waals surface area contributed by atoms with Crippen LogP contribution in [0, 0.1) is 12.8 Å². The molecule has 1 amide bonds. The lowest BCUT2D eigenvalue weighted by Crippen LogP contribution is -2.37. The Labute approximate surface area is 110 Å². The highest BCUT2D eigenvalue weighted by Gasteiger charge is 2.21. The third-order valence-corrected chi connectivity index (χ3v) is 3.71. The highest BCUT2D eigenvalue weighted by Crippen LogP contribution is 2.24. The molecule has 0 spiro atoms. The van der Waals surface area contributed by atoms with Gasteiger partial charge in [0.1, 0.15) is 0 Å². The van der Waals surface area contributed by atoms with Gasteiger partial charge in [0.05, 0.1) is 11.6 Å². The Morgan fingerprint density at radius 1 is 1.53 bits per heavy atom. The topological polar surface area (TPSA) is 41.1 Å². The third kappa shape index (κ3) is 3.30. The van der Waals surface area contributed by atoms with Crippen molar-refractivity contribution in [3.8, 4) is 0 Å². The normalized spacial score (nSPS) is 20.0. The number of anilines is 1. The molecular formula is C13H17BrN2O. The van der Waals surface area contributed by atoms with E-state index in [1.807, 2.05) is 25.1 Å². The highest BCUT2D eigenvalue weighted by atomic mass is 79.9. The first-order valence-corrected chi connectivity index (χ1v) is 6.74. The average molecular weight is 297 g/mol. The van der Waals surface area contributed by atoms with E-state index in [1.165, 1.54) is 5.56 Å². The van der Waals surface area contributed by atoms with Crippen LogP contribution >= 0.6 is 15.9 Å². The Morgan fingerprint density at radius 3 is 3.00 bits per heavy atom.